The lowest BCUT2D eigenvalue weighted by Gasteiger charge is -2.37. The van der Waals surface area contributed by atoms with Crippen LogP contribution in [-0.4, -0.2) is 36.5 Å². The minimum atomic E-state index is 0.0749. The Morgan fingerprint density at radius 3 is 2.82 bits per heavy atom. The summed E-state index contributed by atoms with van der Waals surface area (Å²) in [6.07, 6.45) is 0. The van der Waals surface area contributed by atoms with Crippen LogP contribution in [0.1, 0.15) is 17.3 Å². The third-order valence-electron chi connectivity index (χ3n) is 2.96. The number of carbonyl (C=O) groups excluding carboxylic acids is 1. The quantitative estimate of drug-likeness (QED) is 0.835. The average molecular weight is 365 g/mol. The van der Waals surface area contributed by atoms with E-state index in [0.29, 0.717) is 16.6 Å². The van der Waals surface area contributed by atoms with Gasteiger partial charge >= 0.3 is 0 Å². The number of nitrogens with zero attached hydrogens (tertiary/aromatic N) is 1. The van der Waals surface area contributed by atoms with Crippen molar-refractivity contribution in [3.05, 3.63) is 32.4 Å². The van der Waals surface area contributed by atoms with Crippen LogP contribution in [-0.2, 0) is 0 Å². The van der Waals surface area contributed by atoms with E-state index in [0.717, 1.165) is 23.2 Å². The van der Waals surface area contributed by atoms with Crippen molar-refractivity contribution >= 4 is 40.1 Å². The van der Waals surface area contributed by atoms with Crippen LogP contribution in [0.3, 0.4) is 0 Å². The number of amides is 1. The van der Waals surface area contributed by atoms with Crippen LogP contribution in [0.15, 0.2) is 18.2 Å². The van der Waals surface area contributed by atoms with Crippen LogP contribution in [0, 0.1) is 3.57 Å². The molecule has 0 saturated carbocycles. The SMILES string of the molecule is CCN(C(=O)c1cc(Cl)ccc1I)C1CNC1. The van der Waals surface area contributed by atoms with E-state index in [1.165, 1.54) is 0 Å². The fraction of sp³-hybridized carbons (Fsp3) is 0.417. The van der Waals surface area contributed by atoms with Crippen LogP contribution in [0.2, 0.25) is 5.02 Å². The number of hydrogen-bond donors (Lipinski definition) is 1. The summed E-state index contributed by atoms with van der Waals surface area (Å²) < 4.78 is 0.947. The molecular weight excluding hydrogens is 351 g/mol. The summed E-state index contributed by atoms with van der Waals surface area (Å²) in [6.45, 7) is 4.51. The molecule has 1 saturated heterocycles. The highest BCUT2D eigenvalue weighted by Gasteiger charge is 2.28. The van der Waals surface area contributed by atoms with Crippen LogP contribution < -0.4 is 5.32 Å². The Hall–Kier alpha value is -0.330. The fourth-order valence-corrected chi connectivity index (χ4v) is 2.62. The van der Waals surface area contributed by atoms with Gasteiger partial charge in [-0.3, -0.25) is 4.79 Å². The van der Waals surface area contributed by atoms with E-state index in [-0.39, 0.29) is 5.91 Å². The Balaban J connectivity index is 2.25. The first kappa shape index (κ1) is 13.1. The molecule has 0 aliphatic carbocycles. The molecule has 5 heteroatoms. The molecule has 0 spiro atoms. The molecule has 3 nitrogen and oxygen atoms in total. The van der Waals surface area contributed by atoms with Gasteiger partial charge < -0.3 is 10.2 Å². The summed E-state index contributed by atoms with van der Waals surface area (Å²) >= 11 is 8.12. The minimum Gasteiger partial charge on any atom is -0.333 e. The molecule has 0 bridgehead atoms. The summed E-state index contributed by atoms with van der Waals surface area (Å²) in [5.74, 6) is 0.0749. The van der Waals surface area contributed by atoms with Crippen LogP contribution in [0.25, 0.3) is 0 Å². The number of benzene rings is 1. The van der Waals surface area contributed by atoms with E-state index in [1.807, 2.05) is 17.9 Å². The molecule has 1 N–H and O–H groups in total. The highest BCUT2D eigenvalue weighted by molar-refractivity contribution is 14.1. The number of halogens is 2. The third-order valence-corrected chi connectivity index (χ3v) is 4.14. The van der Waals surface area contributed by atoms with Gasteiger partial charge in [0, 0.05) is 28.2 Å². The molecular formula is C12H14ClIN2O. The average Bonchev–Trinajstić information content (AvgIpc) is 2.25. The second-order valence-corrected chi connectivity index (χ2v) is 5.63. The largest absolute Gasteiger partial charge is 0.333 e. The van der Waals surface area contributed by atoms with Crippen molar-refractivity contribution in [2.24, 2.45) is 0 Å². The van der Waals surface area contributed by atoms with Gasteiger partial charge in [0.1, 0.15) is 0 Å². The molecule has 1 fully saturated rings. The zero-order valence-corrected chi connectivity index (χ0v) is 12.5. The van der Waals surface area contributed by atoms with Gasteiger partial charge in [-0.05, 0) is 47.7 Å². The van der Waals surface area contributed by atoms with E-state index in [2.05, 4.69) is 27.9 Å². The summed E-state index contributed by atoms with van der Waals surface area (Å²) in [7, 11) is 0. The molecule has 92 valence electrons. The van der Waals surface area contributed by atoms with E-state index in [1.54, 1.807) is 12.1 Å². The number of nitrogens with one attached hydrogen (secondary N) is 1. The number of hydrogen-bond acceptors (Lipinski definition) is 2. The predicted octanol–water partition coefficient (Wildman–Crippen LogP) is 2.38. The normalized spacial score (nSPS) is 15.5. The Labute approximate surface area is 120 Å². The molecule has 1 heterocycles. The Kier molecular flexibility index (Phi) is 4.27. The van der Waals surface area contributed by atoms with Crippen LogP contribution in [0.5, 0.6) is 0 Å². The van der Waals surface area contributed by atoms with Crippen LogP contribution >= 0.6 is 34.2 Å². The van der Waals surface area contributed by atoms with Crippen molar-refractivity contribution in [3.8, 4) is 0 Å². The van der Waals surface area contributed by atoms with Crippen molar-refractivity contribution in [1.82, 2.24) is 10.2 Å². The van der Waals surface area contributed by atoms with Crippen molar-refractivity contribution in [3.63, 3.8) is 0 Å². The van der Waals surface area contributed by atoms with E-state index >= 15 is 0 Å². The van der Waals surface area contributed by atoms with Gasteiger partial charge in [-0.25, -0.2) is 0 Å². The molecule has 1 aromatic carbocycles. The molecule has 1 amide bonds. The molecule has 0 radical (unpaired) electrons. The molecule has 0 aromatic heterocycles. The first-order chi connectivity index (χ1) is 8.13. The van der Waals surface area contributed by atoms with Crippen LogP contribution in [0.4, 0.5) is 0 Å². The second-order valence-electron chi connectivity index (χ2n) is 4.03. The van der Waals surface area contributed by atoms with Gasteiger partial charge in [0.25, 0.3) is 5.91 Å². The van der Waals surface area contributed by atoms with Crippen molar-refractivity contribution < 1.29 is 4.79 Å². The van der Waals surface area contributed by atoms with Gasteiger partial charge in [-0.2, -0.15) is 0 Å². The van der Waals surface area contributed by atoms with Gasteiger partial charge in [0.2, 0.25) is 0 Å². The molecule has 0 atom stereocenters. The van der Waals surface area contributed by atoms with Gasteiger partial charge in [0.05, 0.1) is 11.6 Å². The van der Waals surface area contributed by atoms with E-state index < -0.39 is 0 Å². The maximum absolute atomic E-state index is 12.4. The molecule has 2 rings (SSSR count). The lowest BCUT2D eigenvalue weighted by molar-refractivity contribution is 0.0629. The number of rotatable bonds is 3. The monoisotopic (exact) mass is 364 g/mol. The first-order valence-electron chi connectivity index (χ1n) is 5.60. The fourth-order valence-electron chi connectivity index (χ4n) is 1.88. The Morgan fingerprint density at radius 2 is 2.29 bits per heavy atom. The molecule has 1 aliphatic rings. The predicted molar refractivity (Wildman–Crippen MR) is 77.5 cm³/mol. The summed E-state index contributed by atoms with van der Waals surface area (Å²) in [6, 6.07) is 5.76. The Morgan fingerprint density at radius 1 is 1.59 bits per heavy atom. The van der Waals surface area contributed by atoms with Crippen molar-refractivity contribution in [2.75, 3.05) is 19.6 Å². The van der Waals surface area contributed by atoms with Crippen molar-refractivity contribution in [1.29, 1.82) is 0 Å². The highest BCUT2D eigenvalue weighted by Crippen LogP contribution is 2.21. The maximum Gasteiger partial charge on any atom is 0.255 e. The molecule has 0 unspecified atom stereocenters. The van der Waals surface area contributed by atoms with E-state index in [4.69, 9.17) is 11.6 Å². The minimum absolute atomic E-state index is 0.0749. The smallest absolute Gasteiger partial charge is 0.255 e. The third kappa shape index (κ3) is 2.74. The summed E-state index contributed by atoms with van der Waals surface area (Å²) in [5, 5.41) is 3.79. The van der Waals surface area contributed by atoms with Gasteiger partial charge in [-0.15, -0.1) is 0 Å². The second kappa shape index (κ2) is 5.54. The zero-order chi connectivity index (χ0) is 12.4. The van der Waals surface area contributed by atoms with E-state index in [9.17, 15) is 4.79 Å². The lowest BCUT2D eigenvalue weighted by Crippen LogP contribution is -2.58. The molecule has 1 aliphatic heterocycles. The van der Waals surface area contributed by atoms with Gasteiger partial charge in [0.15, 0.2) is 0 Å². The zero-order valence-electron chi connectivity index (χ0n) is 9.54. The number of likely N-dealkylation sites (N-methyl/N-ethyl adjacent to an activating group) is 1. The highest BCUT2D eigenvalue weighted by atomic mass is 127. The van der Waals surface area contributed by atoms with Gasteiger partial charge in [-0.1, -0.05) is 11.6 Å². The summed E-state index contributed by atoms with van der Waals surface area (Å²) in [5.41, 5.74) is 0.701. The standard InChI is InChI=1S/C12H14ClIN2O/c1-2-16(9-6-15-7-9)12(17)10-5-8(13)3-4-11(10)14/h3-5,9,15H,2,6-7H2,1H3. The Bertz CT molecular complexity index is 435. The summed E-state index contributed by atoms with van der Waals surface area (Å²) in [4.78, 5) is 14.3. The number of carbonyl (C=O) groups is 1. The lowest BCUT2D eigenvalue weighted by atomic mass is 10.1. The molecule has 17 heavy (non-hydrogen) atoms. The maximum atomic E-state index is 12.4. The first-order valence-corrected chi connectivity index (χ1v) is 7.06. The van der Waals surface area contributed by atoms with Crippen molar-refractivity contribution in [2.45, 2.75) is 13.0 Å². The topological polar surface area (TPSA) is 32.3 Å². The molecule has 1 aromatic rings.